The molecule has 2 atom stereocenters. The van der Waals surface area contributed by atoms with Gasteiger partial charge in [0.1, 0.15) is 6.04 Å². The number of halogens is 1. The Morgan fingerprint density at radius 2 is 2.12 bits per heavy atom. The highest BCUT2D eigenvalue weighted by Crippen LogP contribution is 2.25. The minimum Gasteiger partial charge on any atom is -0.468 e. The van der Waals surface area contributed by atoms with E-state index in [2.05, 4.69) is 4.74 Å². The van der Waals surface area contributed by atoms with E-state index in [4.69, 9.17) is 17.3 Å². The Morgan fingerprint density at radius 1 is 1.50 bits per heavy atom. The zero-order valence-corrected chi connectivity index (χ0v) is 10.4. The third kappa shape index (κ3) is 2.74. The molecule has 0 fully saturated rings. The van der Waals surface area contributed by atoms with Gasteiger partial charge < -0.3 is 10.5 Å². The number of ether oxygens (including phenoxy) is 1. The quantitative estimate of drug-likeness (QED) is 0.826. The fourth-order valence-corrected chi connectivity index (χ4v) is 1.82. The molecule has 0 saturated heterocycles. The predicted octanol–water partition coefficient (Wildman–Crippen LogP) is 2.25. The largest absolute Gasteiger partial charge is 0.468 e. The van der Waals surface area contributed by atoms with E-state index in [-0.39, 0.29) is 5.92 Å². The van der Waals surface area contributed by atoms with Crippen LogP contribution in [0.15, 0.2) is 18.2 Å². The van der Waals surface area contributed by atoms with Gasteiger partial charge in [-0.1, -0.05) is 24.6 Å². The van der Waals surface area contributed by atoms with Gasteiger partial charge in [-0.25, -0.2) is 0 Å². The molecule has 1 aromatic rings. The maximum absolute atomic E-state index is 11.3. The summed E-state index contributed by atoms with van der Waals surface area (Å²) in [6, 6.07) is 4.90. The average molecular weight is 242 g/mol. The average Bonchev–Trinajstić information content (AvgIpc) is 2.29. The number of nitrogens with two attached hydrogens (primary N) is 1. The summed E-state index contributed by atoms with van der Waals surface area (Å²) >= 11 is 5.92. The zero-order valence-electron chi connectivity index (χ0n) is 9.66. The van der Waals surface area contributed by atoms with Crippen molar-refractivity contribution in [3.63, 3.8) is 0 Å². The Labute approximate surface area is 101 Å². The summed E-state index contributed by atoms with van der Waals surface area (Å²) in [4.78, 5) is 11.3. The van der Waals surface area contributed by atoms with Crippen molar-refractivity contribution < 1.29 is 9.53 Å². The molecule has 1 aromatic carbocycles. The first kappa shape index (κ1) is 13.0. The van der Waals surface area contributed by atoms with Crippen molar-refractivity contribution in [2.45, 2.75) is 25.8 Å². The van der Waals surface area contributed by atoms with Crippen LogP contribution in [-0.4, -0.2) is 19.1 Å². The van der Waals surface area contributed by atoms with Gasteiger partial charge in [0.25, 0.3) is 0 Å². The van der Waals surface area contributed by atoms with Crippen LogP contribution in [0.4, 0.5) is 0 Å². The molecule has 16 heavy (non-hydrogen) atoms. The first-order chi connectivity index (χ1) is 7.47. The highest BCUT2D eigenvalue weighted by molar-refractivity contribution is 6.30. The van der Waals surface area contributed by atoms with Crippen LogP contribution in [0.1, 0.15) is 24.0 Å². The normalized spacial score (nSPS) is 14.3. The molecule has 0 bridgehead atoms. The minimum absolute atomic E-state index is 0.119. The topological polar surface area (TPSA) is 52.3 Å². The van der Waals surface area contributed by atoms with Crippen LogP contribution >= 0.6 is 11.6 Å². The van der Waals surface area contributed by atoms with E-state index in [1.165, 1.54) is 7.11 Å². The summed E-state index contributed by atoms with van der Waals surface area (Å²) in [5, 5.41) is 0.643. The molecule has 4 heteroatoms. The molecular formula is C12H16ClNO2. The van der Waals surface area contributed by atoms with Crippen molar-refractivity contribution in [1.82, 2.24) is 0 Å². The number of carbonyl (C=O) groups is 1. The lowest BCUT2D eigenvalue weighted by atomic mass is 9.90. The van der Waals surface area contributed by atoms with Crippen LogP contribution in [0.2, 0.25) is 5.02 Å². The zero-order chi connectivity index (χ0) is 12.3. The molecule has 0 aromatic heterocycles. The van der Waals surface area contributed by atoms with Crippen LogP contribution in [0.3, 0.4) is 0 Å². The smallest absolute Gasteiger partial charge is 0.323 e. The summed E-state index contributed by atoms with van der Waals surface area (Å²) in [7, 11) is 1.33. The number of carbonyl (C=O) groups excluding carboxylic acids is 1. The van der Waals surface area contributed by atoms with E-state index in [9.17, 15) is 4.79 Å². The molecule has 0 aliphatic rings. The lowest BCUT2D eigenvalue weighted by Crippen LogP contribution is -2.36. The summed E-state index contributed by atoms with van der Waals surface area (Å²) in [6.07, 6.45) is 0. The number of methoxy groups -OCH3 is 1. The third-order valence-corrected chi connectivity index (χ3v) is 2.98. The van der Waals surface area contributed by atoms with Gasteiger partial charge in [0.2, 0.25) is 0 Å². The molecule has 0 aliphatic carbocycles. The minimum atomic E-state index is -0.665. The number of hydrogen-bond acceptors (Lipinski definition) is 3. The molecular weight excluding hydrogens is 226 g/mol. The third-order valence-electron chi connectivity index (χ3n) is 2.74. The van der Waals surface area contributed by atoms with E-state index < -0.39 is 12.0 Å². The highest BCUT2D eigenvalue weighted by Gasteiger charge is 2.24. The lowest BCUT2D eigenvalue weighted by Gasteiger charge is -2.20. The van der Waals surface area contributed by atoms with Crippen LogP contribution in [0.25, 0.3) is 0 Å². The van der Waals surface area contributed by atoms with E-state index in [1.807, 2.05) is 32.0 Å². The summed E-state index contributed by atoms with van der Waals surface area (Å²) in [5.74, 6) is -0.530. The second-order valence-corrected chi connectivity index (χ2v) is 4.27. The first-order valence-electron chi connectivity index (χ1n) is 5.06. The van der Waals surface area contributed by atoms with E-state index in [0.29, 0.717) is 5.02 Å². The Balaban J connectivity index is 2.99. The molecule has 0 radical (unpaired) electrons. The van der Waals surface area contributed by atoms with Gasteiger partial charge in [0.15, 0.2) is 0 Å². The first-order valence-corrected chi connectivity index (χ1v) is 5.44. The maximum atomic E-state index is 11.3. The van der Waals surface area contributed by atoms with Crippen molar-refractivity contribution in [2.24, 2.45) is 5.73 Å². The summed E-state index contributed by atoms with van der Waals surface area (Å²) < 4.78 is 4.63. The molecule has 2 N–H and O–H groups in total. The molecule has 0 amide bonds. The van der Waals surface area contributed by atoms with Crippen molar-refractivity contribution in [2.75, 3.05) is 7.11 Å². The van der Waals surface area contributed by atoms with Crippen LogP contribution in [0.5, 0.6) is 0 Å². The van der Waals surface area contributed by atoms with Crippen LogP contribution < -0.4 is 5.73 Å². The number of esters is 1. The fourth-order valence-electron chi connectivity index (χ4n) is 1.64. The fraction of sp³-hybridized carbons (Fsp3) is 0.417. The van der Waals surface area contributed by atoms with Gasteiger partial charge in [-0.15, -0.1) is 0 Å². The molecule has 88 valence electrons. The Morgan fingerprint density at radius 3 is 2.69 bits per heavy atom. The van der Waals surface area contributed by atoms with Crippen molar-refractivity contribution in [1.29, 1.82) is 0 Å². The van der Waals surface area contributed by atoms with Gasteiger partial charge >= 0.3 is 5.97 Å². The van der Waals surface area contributed by atoms with Gasteiger partial charge in [0.05, 0.1) is 7.11 Å². The number of aryl methyl sites for hydroxylation is 1. The highest BCUT2D eigenvalue weighted by atomic mass is 35.5. The predicted molar refractivity (Wildman–Crippen MR) is 64.6 cm³/mol. The summed E-state index contributed by atoms with van der Waals surface area (Å²) in [6.45, 7) is 3.85. The SMILES string of the molecule is COC(=O)C(N)C(C)c1cc(Cl)ccc1C. The summed E-state index contributed by atoms with van der Waals surface area (Å²) in [5.41, 5.74) is 7.85. The van der Waals surface area contributed by atoms with E-state index >= 15 is 0 Å². The standard InChI is InChI=1S/C12H16ClNO2/c1-7-4-5-9(13)6-10(7)8(2)11(14)12(15)16-3/h4-6,8,11H,14H2,1-3H3. The number of rotatable bonds is 3. The van der Waals surface area contributed by atoms with Crippen LogP contribution in [0, 0.1) is 6.92 Å². The maximum Gasteiger partial charge on any atom is 0.323 e. The van der Waals surface area contributed by atoms with Gasteiger partial charge in [-0.2, -0.15) is 0 Å². The molecule has 0 saturated carbocycles. The van der Waals surface area contributed by atoms with Gasteiger partial charge in [0, 0.05) is 10.9 Å². The Bertz CT molecular complexity index is 393. The van der Waals surface area contributed by atoms with Gasteiger partial charge in [-0.05, 0) is 30.2 Å². The Hall–Kier alpha value is -1.06. The van der Waals surface area contributed by atoms with Crippen molar-refractivity contribution in [3.8, 4) is 0 Å². The van der Waals surface area contributed by atoms with E-state index in [1.54, 1.807) is 0 Å². The van der Waals surface area contributed by atoms with E-state index in [0.717, 1.165) is 11.1 Å². The number of benzene rings is 1. The van der Waals surface area contributed by atoms with Crippen molar-refractivity contribution >= 4 is 17.6 Å². The second-order valence-electron chi connectivity index (χ2n) is 3.84. The van der Waals surface area contributed by atoms with Crippen molar-refractivity contribution in [3.05, 3.63) is 34.3 Å². The molecule has 3 nitrogen and oxygen atoms in total. The van der Waals surface area contributed by atoms with Gasteiger partial charge in [-0.3, -0.25) is 4.79 Å². The Kier molecular flexibility index (Phi) is 4.33. The lowest BCUT2D eigenvalue weighted by molar-refractivity contribution is -0.142. The monoisotopic (exact) mass is 241 g/mol. The molecule has 2 unspecified atom stereocenters. The molecule has 0 aliphatic heterocycles. The molecule has 0 spiro atoms. The number of hydrogen-bond donors (Lipinski definition) is 1. The molecule has 1 rings (SSSR count). The second kappa shape index (κ2) is 5.32. The molecule has 0 heterocycles. The van der Waals surface area contributed by atoms with Crippen LogP contribution in [-0.2, 0) is 9.53 Å².